The summed E-state index contributed by atoms with van der Waals surface area (Å²) >= 11 is 0. The second-order valence-electron chi connectivity index (χ2n) is 1.80. The van der Waals surface area contributed by atoms with Crippen LogP contribution in [0.2, 0.25) is 0 Å². The van der Waals surface area contributed by atoms with E-state index in [1.165, 1.54) is 0 Å². The number of aliphatic hydroxyl groups excluding tert-OH is 1. The number of benzene rings is 1. The Morgan fingerprint density at radius 1 is 1.27 bits per heavy atom. The standard InChI is InChI=1S/C7H7.C2H6O.Na/c1-7-5-3-2-4-6-7;1-2-3;/h2-6H,1H2;3H,2H2,1H3;/q-1;;+1. The predicted molar refractivity (Wildman–Crippen MR) is 43.7 cm³/mol. The van der Waals surface area contributed by atoms with Crippen molar-refractivity contribution in [2.75, 3.05) is 6.61 Å². The van der Waals surface area contributed by atoms with Gasteiger partial charge in [-0.05, 0) is 6.92 Å². The molecular weight excluding hydrogens is 147 g/mol. The van der Waals surface area contributed by atoms with Crippen LogP contribution in [0.4, 0.5) is 0 Å². The molecule has 0 aromatic heterocycles. The van der Waals surface area contributed by atoms with Gasteiger partial charge in [0.1, 0.15) is 0 Å². The van der Waals surface area contributed by atoms with Crippen LogP contribution < -0.4 is 29.6 Å². The third-order valence-electron chi connectivity index (χ3n) is 0.843. The molecule has 0 radical (unpaired) electrons. The zero-order valence-electron chi connectivity index (χ0n) is 7.25. The fraction of sp³-hybridized carbons (Fsp3) is 0.222. The molecule has 0 aliphatic carbocycles. The first kappa shape index (κ1) is 13.6. The van der Waals surface area contributed by atoms with E-state index in [0.29, 0.717) is 0 Å². The van der Waals surface area contributed by atoms with Crippen LogP contribution in [0, 0.1) is 6.92 Å². The minimum Gasteiger partial charge on any atom is -0.397 e. The summed E-state index contributed by atoms with van der Waals surface area (Å²) in [7, 11) is 0. The van der Waals surface area contributed by atoms with Gasteiger partial charge in [0.15, 0.2) is 0 Å². The molecule has 0 unspecified atom stereocenters. The molecule has 11 heavy (non-hydrogen) atoms. The van der Waals surface area contributed by atoms with E-state index in [9.17, 15) is 0 Å². The van der Waals surface area contributed by atoms with Gasteiger partial charge in [0.2, 0.25) is 0 Å². The minimum absolute atomic E-state index is 0. The Bertz CT molecular complexity index is 151. The number of hydrogen-bond acceptors (Lipinski definition) is 1. The van der Waals surface area contributed by atoms with Gasteiger partial charge in [0.05, 0.1) is 0 Å². The Hall–Kier alpha value is 0.0500. The number of hydrogen-bond donors (Lipinski definition) is 1. The Kier molecular flexibility index (Phi) is 12.5. The molecule has 0 aliphatic heterocycles. The van der Waals surface area contributed by atoms with Crippen LogP contribution in [0.5, 0.6) is 0 Å². The zero-order chi connectivity index (χ0) is 7.82. The van der Waals surface area contributed by atoms with Gasteiger partial charge in [-0.3, -0.25) is 0 Å². The summed E-state index contributed by atoms with van der Waals surface area (Å²) < 4.78 is 0. The van der Waals surface area contributed by atoms with Gasteiger partial charge >= 0.3 is 29.6 Å². The van der Waals surface area contributed by atoms with Crippen molar-refractivity contribution in [3.8, 4) is 0 Å². The molecule has 1 aromatic carbocycles. The Morgan fingerprint density at radius 2 is 1.64 bits per heavy atom. The summed E-state index contributed by atoms with van der Waals surface area (Å²) in [6, 6.07) is 9.87. The maximum absolute atomic E-state index is 7.57. The molecule has 0 aliphatic rings. The molecule has 1 nitrogen and oxygen atoms in total. The van der Waals surface area contributed by atoms with E-state index in [0.717, 1.165) is 5.56 Å². The molecule has 56 valence electrons. The molecule has 0 bridgehead atoms. The van der Waals surface area contributed by atoms with Gasteiger partial charge in [0.25, 0.3) is 0 Å². The van der Waals surface area contributed by atoms with E-state index in [2.05, 4.69) is 6.92 Å². The monoisotopic (exact) mass is 160 g/mol. The molecule has 0 heterocycles. The van der Waals surface area contributed by atoms with Crippen molar-refractivity contribution in [1.82, 2.24) is 0 Å². The zero-order valence-corrected chi connectivity index (χ0v) is 9.25. The van der Waals surface area contributed by atoms with E-state index in [-0.39, 0.29) is 36.2 Å². The fourth-order valence-corrected chi connectivity index (χ4v) is 0.478. The van der Waals surface area contributed by atoms with Crippen molar-refractivity contribution in [3.63, 3.8) is 0 Å². The molecule has 0 saturated heterocycles. The van der Waals surface area contributed by atoms with Gasteiger partial charge in [-0.1, -0.05) is 6.07 Å². The van der Waals surface area contributed by atoms with Crippen LogP contribution in [0.15, 0.2) is 30.3 Å². The fourth-order valence-electron chi connectivity index (χ4n) is 0.478. The summed E-state index contributed by atoms with van der Waals surface area (Å²) in [6.45, 7) is 5.65. The van der Waals surface area contributed by atoms with E-state index in [4.69, 9.17) is 5.11 Å². The maximum Gasteiger partial charge on any atom is 1.00 e. The van der Waals surface area contributed by atoms with Crippen molar-refractivity contribution in [1.29, 1.82) is 0 Å². The Labute approximate surface area is 90.7 Å². The molecular formula is C9H13NaO. The van der Waals surface area contributed by atoms with E-state index in [1.54, 1.807) is 6.92 Å². The molecule has 0 atom stereocenters. The van der Waals surface area contributed by atoms with Crippen molar-refractivity contribution < 1.29 is 34.7 Å². The molecule has 0 saturated carbocycles. The number of aliphatic hydroxyl groups is 1. The third kappa shape index (κ3) is 10.1. The quantitative estimate of drug-likeness (QED) is 0.376. The third-order valence-corrected chi connectivity index (χ3v) is 0.843. The second-order valence-corrected chi connectivity index (χ2v) is 1.80. The van der Waals surface area contributed by atoms with Gasteiger partial charge in [-0.25, -0.2) is 0 Å². The first-order valence-corrected chi connectivity index (χ1v) is 3.29. The normalized spacial score (nSPS) is 7.09. The van der Waals surface area contributed by atoms with Gasteiger partial charge < -0.3 is 5.11 Å². The van der Waals surface area contributed by atoms with Crippen LogP contribution in [-0.4, -0.2) is 11.7 Å². The van der Waals surface area contributed by atoms with E-state index >= 15 is 0 Å². The molecule has 0 amide bonds. The summed E-state index contributed by atoms with van der Waals surface area (Å²) in [5.41, 5.74) is 1.07. The van der Waals surface area contributed by atoms with Crippen molar-refractivity contribution >= 4 is 0 Å². The smallest absolute Gasteiger partial charge is 0.397 e. The van der Waals surface area contributed by atoms with Crippen molar-refractivity contribution in [3.05, 3.63) is 42.8 Å². The topological polar surface area (TPSA) is 20.2 Å². The van der Waals surface area contributed by atoms with Gasteiger partial charge in [0, 0.05) is 6.61 Å². The summed E-state index contributed by atoms with van der Waals surface area (Å²) in [5, 5.41) is 7.57. The Morgan fingerprint density at radius 3 is 1.82 bits per heavy atom. The molecule has 2 heteroatoms. The van der Waals surface area contributed by atoms with Crippen LogP contribution in [0.1, 0.15) is 12.5 Å². The van der Waals surface area contributed by atoms with Crippen LogP contribution in [0.25, 0.3) is 0 Å². The molecule has 1 N–H and O–H groups in total. The van der Waals surface area contributed by atoms with Crippen LogP contribution in [0.3, 0.4) is 0 Å². The first-order chi connectivity index (χ1) is 4.81. The molecule has 1 rings (SSSR count). The maximum atomic E-state index is 7.57. The van der Waals surface area contributed by atoms with Gasteiger partial charge in [-0.2, -0.15) is 24.6 Å². The van der Waals surface area contributed by atoms with Crippen molar-refractivity contribution in [2.24, 2.45) is 0 Å². The van der Waals surface area contributed by atoms with Crippen LogP contribution in [-0.2, 0) is 0 Å². The Balaban J connectivity index is 0. The van der Waals surface area contributed by atoms with E-state index < -0.39 is 0 Å². The second kappa shape index (κ2) is 10.0. The molecule has 0 fully saturated rings. The van der Waals surface area contributed by atoms with Crippen molar-refractivity contribution in [2.45, 2.75) is 6.92 Å². The SMILES string of the molecule is CCO.[CH2-]c1ccccc1.[Na+]. The number of rotatable bonds is 0. The average Bonchev–Trinajstić information content (AvgIpc) is 1.91. The van der Waals surface area contributed by atoms with Gasteiger partial charge in [-0.15, -0.1) is 12.1 Å². The van der Waals surface area contributed by atoms with Crippen LogP contribution >= 0.6 is 0 Å². The predicted octanol–water partition coefficient (Wildman–Crippen LogP) is -1.13. The van der Waals surface area contributed by atoms with E-state index in [1.807, 2.05) is 30.3 Å². The average molecular weight is 160 g/mol. The largest absolute Gasteiger partial charge is 1.00 e. The summed E-state index contributed by atoms with van der Waals surface area (Å²) in [6.07, 6.45) is 0. The minimum atomic E-state index is 0. The summed E-state index contributed by atoms with van der Waals surface area (Å²) in [4.78, 5) is 0. The summed E-state index contributed by atoms with van der Waals surface area (Å²) in [5.74, 6) is 0. The molecule has 1 aromatic rings. The molecule has 0 spiro atoms. The first-order valence-electron chi connectivity index (χ1n) is 3.29.